The van der Waals surface area contributed by atoms with Gasteiger partial charge in [0.05, 0.1) is 0 Å². The number of carbonyl (C=O) groups excluding carboxylic acids is 1. The van der Waals surface area contributed by atoms with Crippen LogP contribution in [0.25, 0.3) is 0 Å². The number of Topliss-reactive ketones (excluding diaryl/α,β-unsaturated/α-hetero) is 1. The topological polar surface area (TPSA) is 48.0 Å². The second-order valence-electron chi connectivity index (χ2n) is 7.49. The number of hydrogen-bond acceptors (Lipinski definition) is 5. The van der Waals surface area contributed by atoms with Gasteiger partial charge in [0, 0.05) is 38.6 Å². The van der Waals surface area contributed by atoms with E-state index in [9.17, 15) is 4.79 Å². The molecule has 0 bridgehead atoms. The molecule has 5 rings (SSSR count). The first-order valence-electron chi connectivity index (χ1n) is 8.96. The van der Waals surface area contributed by atoms with Crippen LogP contribution in [-0.4, -0.2) is 43.8 Å². The Morgan fingerprint density at radius 2 is 2.04 bits per heavy atom. The second kappa shape index (κ2) is 5.46. The normalized spacial score (nSPS) is 34.5. The molecule has 1 aliphatic carbocycles. The van der Waals surface area contributed by atoms with Crippen molar-refractivity contribution in [3.8, 4) is 11.5 Å². The Morgan fingerprint density at radius 1 is 1.21 bits per heavy atom. The maximum Gasteiger partial charge on any atom is 0.231 e. The van der Waals surface area contributed by atoms with Crippen molar-refractivity contribution in [2.75, 3.05) is 27.0 Å². The van der Waals surface area contributed by atoms with Gasteiger partial charge in [-0.1, -0.05) is 0 Å². The second-order valence-corrected chi connectivity index (χ2v) is 7.49. The summed E-state index contributed by atoms with van der Waals surface area (Å²) in [5.41, 5.74) is 2.80. The summed E-state index contributed by atoms with van der Waals surface area (Å²) in [6.45, 7) is 2.34. The molecular weight excluding hydrogens is 306 g/mol. The summed E-state index contributed by atoms with van der Waals surface area (Å²) >= 11 is 0. The van der Waals surface area contributed by atoms with E-state index in [0.717, 1.165) is 43.9 Å². The molecule has 0 radical (unpaired) electrons. The lowest BCUT2D eigenvalue weighted by Crippen LogP contribution is -2.53. The number of hydrogen-bond donors (Lipinski definition) is 0. The lowest BCUT2D eigenvalue weighted by atomic mass is 9.68. The van der Waals surface area contributed by atoms with Crippen LogP contribution in [0.5, 0.6) is 11.5 Å². The predicted octanol–water partition coefficient (Wildman–Crippen LogP) is 2.33. The molecule has 1 aromatic carbocycles. The lowest BCUT2D eigenvalue weighted by molar-refractivity contribution is -0.142. The molecule has 5 heteroatoms. The number of ketones is 1. The molecule has 0 amide bonds. The van der Waals surface area contributed by atoms with Crippen LogP contribution in [0.15, 0.2) is 12.1 Å². The van der Waals surface area contributed by atoms with Crippen LogP contribution >= 0.6 is 0 Å². The Labute approximate surface area is 141 Å². The van der Waals surface area contributed by atoms with Crippen LogP contribution in [0.3, 0.4) is 0 Å². The number of methoxy groups -OCH3 is 1. The highest BCUT2D eigenvalue weighted by atomic mass is 16.7. The summed E-state index contributed by atoms with van der Waals surface area (Å²) in [4.78, 5) is 14.7. The lowest BCUT2D eigenvalue weighted by Gasteiger charge is -2.50. The molecule has 24 heavy (non-hydrogen) atoms. The fourth-order valence-electron chi connectivity index (χ4n) is 5.21. The van der Waals surface area contributed by atoms with E-state index in [-0.39, 0.29) is 11.9 Å². The average Bonchev–Trinajstić information content (AvgIpc) is 3.05. The molecule has 3 heterocycles. The number of piperidine rings is 1. The zero-order chi connectivity index (χ0) is 16.3. The number of rotatable bonds is 1. The Kier molecular flexibility index (Phi) is 3.35. The van der Waals surface area contributed by atoms with E-state index in [2.05, 4.69) is 17.0 Å². The molecule has 4 atom stereocenters. The van der Waals surface area contributed by atoms with Crippen LogP contribution in [-0.2, 0) is 16.0 Å². The standard InChI is InChI=1S/C19H23NO4/c1-22-19-14-9-20-5-4-12-7-17-18(24-10-23-17)8-13(12)15(20)6-11(14)2-3-16(19)21/h7-8,11,14-15,19H,2-6,9-10H2,1H3. The van der Waals surface area contributed by atoms with E-state index < -0.39 is 0 Å². The maximum absolute atomic E-state index is 12.2. The molecule has 0 N–H and O–H groups in total. The number of nitrogens with zero attached hydrogens (tertiary/aromatic N) is 1. The number of fused-ring (bicyclic) bond motifs is 5. The molecule has 1 aromatic rings. The zero-order valence-electron chi connectivity index (χ0n) is 14.0. The molecule has 0 aromatic heterocycles. The predicted molar refractivity (Wildman–Crippen MR) is 87.2 cm³/mol. The molecule has 4 unspecified atom stereocenters. The minimum Gasteiger partial charge on any atom is -0.454 e. The van der Waals surface area contributed by atoms with Gasteiger partial charge in [0.25, 0.3) is 0 Å². The average molecular weight is 329 g/mol. The van der Waals surface area contributed by atoms with E-state index in [4.69, 9.17) is 14.2 Å². The van der Waals surface area contributed by atoms with Gasteiger partial charge in [0.1, 0.15) is 6.10 Å². The van der Waals surface area contributed by atoms with Gasteiger partial charge in [-0.2, -0.15) is 0 Å². The van der Waals surface area contributed by atoms with Crippen LogP contribution < -0.4 is 9.47 Å². The third-order valence-corrected chi connectivity index (χ3v) is 6.40. The quantitative estimate of drug-likeness (QED) is 0.791. The largest absolute Gasteiger partial charge is 0.454 e. The van der Waals surface area contributed by atoms with Crippen LogP contribution in [0.4, 0.5) is 0 Å². The summed E-state index contributed by atoms with van der Waals surface area (Å²) in [5.74, 6) is 2.98. The molecular formula is C19H23NO4. The van der Waals surface area contributed by atoms with Gasteiger partial charge in [-0.3, -0.25) is 9.69 Å². The Morgan fingerprint density at radius 3 is 2.88 bits per heavy atom. The van der Waals surface area contributed by atoms with Crippen molar-refractivity contribution in [2.45, 2.75) is 37.8 Å². The first-order valence-corrected chi connectivity index (χ1v) is 8.96. The number of carbonyl (C=O) groups is 1. The van der Waals surface area contributed by atoms with Crippen molar-refractivity contribution in [3.63, 3.8) is 0 Å². The van der Waals surface area contributed by atoms with E-state index in [1.54, 1.807) is 7.11 Å². The van der Waals surface area contributed by atoms with Gasteiger partial charge in [-0.15, -0.1) is 0 Å². The van der Waals surface area contributed by atoms with Crippen LogP contribution in [0.2, 0.25) is 0 Å². The van der Waals surface area contributed by atoms with Crippen molar-refractivity contribution in [1.82, 2.24) is 4.90 Å². The summed E-state index contributed by atoms with van der Waals surface area (Å²) in [7, 11) is 1.68. The molecule has 3 aliphatic heterocycles. The van der Waals surface area contributed by atoms with Crippen LogP contribution in [0.1, 0.15) is 36.4 Å². The fraction of sp³-hybridized carbons (Fsp3) is 0.632. The van der Waals surface area contributed by atoms with E-state index in [0.29, 0.717) is 31.1 Å². The summed E-state index contributed by atoms with van der Waals surface area (Å²) in [6.07, 6.45) is 3.62. The van der Waals surface area contributed by atoms with E-state index in [1.165, 1.54) is 11.1 Å². The first-order chi connectivity index (χ1) is 11.7. The van der Waals surface area contributed by atoms with Gasteiger partial charge in [0.2, 0.25) is 6.79 Å². The molecule has 1 saturated heterocycles. The highest BCUT2D eigenvalue weighted by molar-refractivity contribution is 5.84. The minimum absolute atomic E-state index is 0.206. The van der Waals surface area contributed by atoms with E-state index >= 15 is 0 Å². The first kappa shape index (κ1) is 14.7. The number of ether oxygens (including phenoxy) is 3. The van der Waals surface area contributed by atoms with E-state index in [1.807, 2.05) is 0 Å². The molecule has 1 saturated carbocycles. The molecule has 128 valence electrons. The van der Waals surface area contributed by atoms with Gasteiger partial charge in [0.15, 0.2) is 17.3 Å². The molecule has 2 fully saturated rings. The van der Waals surface area contributed by atoms with Crippen molar-refractivity contribution in [2.24, 2.45) is 11.8 Å². The Balaban J connectivity index is 1.47. The zero-order valence-corrected chi connectivity index (χ0v) is 14.0. The van der Waals surface area contributed by atoms with Crippen molar-refractivity contribution in [3.05, 3.63) is 23.3 Å². The Hall–Kier alpha value is -1.59. The highest BCUT2D eigenvalue weighted by Crippen LogP contribution is 2.48. The van der Waals surface area contributed by atoms with Gasteiger partial charge in [-0.25, -0.2) is 0 Å². The minimum atomic E-state index is -0.206. The smallest absolute Gasteiger partial charge is 0.231 e. The van der Waals surface area contributed by atoms with Gasteiger partial charge in [-0.05, 0) is 48.4 Å². The fourth-order valence-corrected chi connectivity index (χ4v) is 5.21. The summed E-state index contributed by atoms with van der Waals surface area (Å²) in [6, 6.07) is 4.80. The van der Waals surface area contributed by atoms with Gasteiger partial charge >= 0.3 is 0 Å². The highest BCUT2D eigenvalue weighted by Gasteiger charge is 2.46. The van der Waals surface area contributed by atoms with Gasteiger partial charge < -0.3 is 14.2 Å². The SMILES string of the molecule is COC1C(=O)CCC2CC3c4cc5c(cc4CCN3CC21)OCO5. The molecule has 0 spiro atoms. The third-order valence-electron chi connectivity index (χ3n) is 6.40. The Bertz CT molecular complexity index is 688. The van der Waals surface area contributed by atoms with Crippen LogP contribution in [0, 0.1) is 11.8 Å². The summed E-state index contributed by atoms with van der Waals surface area (Å²) < 4.78 is 16.7. The number of benzene rings is 1. The van der Waals surface area contributed by atoms with Crippen molar-refractivity contribution in [1.29, 1.82) is 0 Å². The van der Waals surface area contributed by atoms with Crippen molar-refractivity contribution < 1.29 is 19.0 Å². The van der Waals surface area contributed by atoms with Crippen molar-refractivity contribution >= 4 is 5.78 Å². The summed E-state index contributed by atoms with van der Waals surface area (Å²) in [5, 5.41) is 0. The third kappa shape index (κ3) is 2.11. The monoisotopic (exact) mass is 329 g/mol. The maximum atomic E-state index is 12.2. The molecule has 4 aliphatic rings. The molecule has 5 nitrogen and oxygen atoms in total.